The number of imide groups is 1. The van der Waals surface area contributed by atoms with Crippen molar-refractivity contribution in [3.05, 3.63) is 36.4 Å². The molecule has 2 bridgehead atoms. The van der Waals surface area contributed by atoms with Gasteiger partial charge in [0.25, 0.3) is 0 Å². The second-order valence-electron chi connectivity index (χ2n) is 7.54. The van der Waals surface area contributed by atoms with Crippen LogP contribution >= 0.6 is 0 Å². The van der Waals surface area contributed by atoms with Crippen LogP contribution in [0.2, 0.25) is 0 Å². The predicted molar refractivity (Wildman–Crippen MR) is 90.0 cm³/mol. The van der Waals surface area contributed by atoms with E-state index in [4.69, 9.17) is 9.47 Å². The van der Waals surface area contributed by atoms with E-state index in [9.17, 15) is 14.4 Å². The van der Waals surface area contributed by atoms with E-state index < -0.39 is 5.97 Å². The Bertz CT molecular complexity index is 810. The predicted octanol–water partition coefficient (Wildman–Crippen LogP) is 1.65. The van der Waals surface area contributed by atoms with Crippen LogP contribution in [-0.4, -0.2) is 36.3 Å². The molecule has 6 heteroatoms. The van der Waals surface area contributed by atoms with Gasteiger partial charge in [-0.15, -0.1) is 0 Å². The summed E-state index contributed by atoms with van der Waals surface area (Å²) in [6.45, 7) is -0.350. The summed E-state index contributed by atoms with van der Waals surface area (Å²) in [5, 5.41) is 0. The van der Waals surface area contributed by atoms with E-state index in [0.29, 0.717) is 17.6 Å². The van der Waals surface area contributed by atoms with Gasteiger partial charge in [-0.1, -0.05) is 24.3 Å². The maximum atomic E-state index is 12.9. The molecule has 1 saturated heterocycles. The number of likely N-dealkylation sites (tertiary alicyclic amines) is 1. The molecule has 134 valence electrons. The first-order valence-corrected chi connectivity index (χ1v) is 8.97. The summed E-state index contributed by atoms with van der Waals surface area (Å²) < 4.78 is 10.5. The minimum absolute atomic E-state index is 0.154. The van der Waals surface area contributed by atoms with Gasteiger partial charge >= 0.3 is 5.97 Å². The van der Waals surface area contributed by atoms with E-state index in [2.05, 4.69) is 12.2 Å². The van der Waals surface area contributed by atoms with Crippen molar-refractivity contribution < 1.29 is 23.9 Å². The van der Waals surface area contributed by atoms with Crippen molar-refractivity contribution >= 4 is 17.8 Å². The van der Waals surface area contributed by atoms with E-state index in [-0.39, 0.29) is 47.8 Å². The summed E-state index contributed by atoms with van der Waals surface area (Å²) in [6, 6.07) is 6.78. The van der Waals surface area contributed by atoms with Gasteiger partial charge in [0.05, 0.1) is 18.9 Å². The highest BCUT2D eigenvalue weighted by molar-refractivity contribution is 6.08. The van der Waals surface area contributed by atoms with E-state index in [0.717, 1.165) is 11.3 Å². The molecule has 0 aromatic heterocycles. The van der Waals surface area contributed by atoms with Crippen LogP contribution in [-0.2, 0) is 14.4 Å². The number of esters is 1. The van der Waals surface area contributed by atoms with Crippen LogP contribution in [0.3, 0.4) is 0 Å². The number of hydrogen-bond acceptors (Lipinski definition) is 5. The normalized spacial score (nSPS) is 36.0. The maximum absolute atomic E-state index is 12.9. The summed E-state index contributed by atoms with van der Waals surface area (Å²) in [6.07, 6.45) is 5.34. The monoisotopic (exact) mass is 353 g/mol. The number of allylic oxidation sites excluding steroid dienone is 2. The molecule has 6 atom stereocenters. The molecule has 1 heterocycles. The number of amides is 2. The summed E-state index contributed by atoms with van der Waals surface area (Å²) in [5.74, 6) is 0.440. The molecule has 5 aliphatic rings. The largest absolute Gasteiger partial charge is 0.493 e. The zero-order chi connectivity index (χ0) is 18.0. The van der Waals surface area contributed by atoms with Crippen molar-refractivity contribution in [1.82, 2.24) is 4.90 Å². The number of rotatable bonds is 4. The van der Waals surface area contributed by atoms with Crippen LogP contribution in [0.4, 0.5) is 0 Å². The van der Waals surface area contributed by atoms with Crippen LogP contribution in [0, 0.1) is 35.5 Å². The molecule has 0 N–H and O–H groups in total. The number of carbonyl (C=O) groups excluding carboxylic acids is 3. The lowest BCUT2D eigenvalue weighted by Crippen LogP contribution is -2.40. The molecule has 2 amide bonds. The first-order chi connectivity index (χ1) is 12.6. The molecule has 1 aliphatic heterocycles. The maximum Gasteiger partial charge on any atom is 0.331 e. The zero-order valence-corrected chi connectivity index (χ0v) is 14.3. The molecule has 0 spiro atoms. The SMILES string of the molecule is COc1ccccc1OC(=O)CN1C(=O)[C@@H]2[C@H]3C=C[C@@H]([C@@H]4C[C@H]34)[C@@H]2C1=O. The number of ether oxygens (including phenoxy) is 2. The Morgan fingerprint density at radius 2 is 1.62 bits per heavy atom. The Labute approximate surface area is 150 Å². The standard InChI is InChI=1S/C20H19NO5/c1-25-14-4-2-3-5-15(14)26-16(22)9-21-19(23)17-10-6-7-11(13-8-12(10)13)18(17)20(21)24/h2-7,10-13,17-18H,8-9H2,1H3/t10-,11-,12-,13+,17-,18+/m0/s1. The van der Waals surface area contributed by atoms with Gasteiger partial charge in [-0.3, -0.25) is 14.5 Å². The molecule has 4 aliphatic carbocycles. The van der Waals surface area contributed by atoms with Gasteiger partial charge in [-0.25, -0.2) is 4.79 Å². The molecule has 3 fully saturated rings. The van der Waals surface area contributed by atoms with Crippen LogP contribution < -0.4 is 9.47 Å². The minimum Gasteiger partial charge on any atom is -0.493 e. The molecule has 26 heavy (non-hydrogen) atoms. The third-order valence-electron chi connectivity index (χ3n) is 6.33. The number of benzene rings is 1. The van der Waals surface area contributed by atoms with Crippen LogP contribution in [0.5, 0.6) is 11.5 Å². The topological polar surface area (TPSA) is 72.9 Å². The molecule has 6 nitrogen and oxygen atoms in total. The number of para-hydroxylation sites is 2. The average molecular weight is 353 g/mol. The van der Waals surface area contributed by atoms with Crippen molar-refractivity contribution in [2.45, 2.75) is 6.42 Å². The first kappa shape index (κ1) is 15.6. The van der Waals surface area contributed by atoms with Gasteiger partial charge in [0.15, 0.2) is 11.5 Å². The zero-order valence-electron chi connectivity index (χ0n) is 14.3. The van der Waals surface area contributed by atoms with Gasteiger partial charge in [-0.05, 0) is 42.2 Å². The molecular weight excluding hydrogens is 334 g/mol. The highest BCUT2D eigenvalue weighted by Crippen LogP contribution is 2.65. The fourth-order valence-electron chi connectivity index (χ4n) is 5.16. The van der Waals surface area contributed by atoms with Crippen LogP contribution in [0.1, 0.15) is 6.42 Å². The fourth-order valence-corrected chi connectivity index (χ4v) is 5.16. The number of hydrogen-bond donors (Lipinski definition) is 0. The fraction of sp³-hybridized carbons (Fsp3) is 0.450. The molecule has 1 aromatic rings. The Morgan fingerprint density at radius 1 is 1.04 bits per heavy atom. The van der Waals surface area contributed by atoms with Gasteiger partial charge in [0.1, 0.15) is 6.54 Å². The lowest BCUT2D eigenvalue weighted by Gasteiger charge is -2.37. The van der Waals surface area contributed by atoms with Crippen molar-refractivity contribution in [3.8, 4) is 11.5 Å². The van der Waals surface area contributed by atoms with E-state index in [1.165, 1.54) is 7.11 Å². The Kier molecular flexibility index (Phi) is 3.26. The van der Waals surface area contributed by atoms with Gasteiger partial charge in [0, 0.05) is 0 Å². The van der Waals surface area contributed by atoms with Crippen molar-refractivity contribution in [1.29, 1.82) is 0 Å². The summed E-state index contributed by atoms with van der Waals surface area (Å²) in [7, 11) is 1.49. The summed E-state index contributed by atoms with van der Waals surface area (Å²) >= 11 is 0. The lowest BCUT2D eigenvalue weighted by molar-refractivity contribution is -0.148. The number of nitrogens with zero attached hydrogens (tertiary/aromatic N) is 1. The Hall–Kier alpha value is -2.63. The van der Waals surface area contributed by atoms with E-state index >= 15 is 0 Å². The summed E-state index contributed by atoms with van der Waals surface area (Å²) in [4.78, 5) is 39.2. The third kappa shape index (κ3) is 2.08. The molecule has 2 saturated carbocycles. The second kappa shape index (κ2) is 5.43. The third-order valence-corrected chi connectivity index (χ3v) is 6.33. The van der Waals surface area contributed by atoms with Crippen molar-refractivity contribution in [2.24, 2.45) is 35.5 Å². The molecule has 1 aromatic carbocycles. The second-order valence-corrected chi connectivity index (χ2v) is 7.54. The Balaban J connectivity index is 1.33. The van der Waals surface area contributed by atoms with Gasteiger partial charge < -0.3 is 9.47 Å². The highest BCUT2D eigenvalue weighted by Gasteiger charge is 2.67. The highest BCUT2D eigenvalue weighted by atomic mass is 16.6. The smallest absolute Gasteiger partial charge is 0.331 e. The number of carbonyl (C=O) groups is 3. The molecule has 6 rings (SSSR count). The van der Waals surface area contributed by atoms with Gasteiger partial charge in [0.2, 0.25) is 11.8 Å². The van der Waals surface area contributed by atoms with Crippen LogP contribution in [0.25, 0.3) is 0 Å². The molecular formula is C20H19NO5. The van der Waals surface area contributed by atoms with Crippen molar-refractivity contribution in [3.63, 3.8) is 0 Å². The lowest BCUT2D eigenvalue weighted by atomic mass is 9.63. The van der Waals surface area contributed by atoms with Crippen molar-refractivity contribution in [2.75, 3.05) is 13.7 Å². The van der Waals surface area contributed by atoms with E-state index in [1.807, 2.05) is 0 Å². The minimum atomic E-state index is -0.639. The number of methoxy groups -OCH3 is 1. The van der Waals surface area contributed by atoms with Crippen LogP contribution in [0.15, 0.2) is 36.4 Å². The molecule has 0 unspecified atom stereocenters. The van der Waals surface area contributed by atoms with E-state index in [1.54, 1.807) is 24.3 Å². The quantitative estimate of drug-likeness (QED) is 0.356. The van der Waals surface area contributed by atoms with Gasteiger partial charge in [-0.2, -0.15) is 0 Å². The first-order valence-electron chi connectivity index (χ1n) is 8.97. The molecule has 0 radical (unpaired) electrons. The summed E-state index contributed by atoms with van der Waals surface area (Å²) in [5.41, 5.74) is 0. The Morgan fingerprint density at radius 3 is 2.19 bits per heavy atom. The average Bonchev–Trinajstić information content (AvgIpc) is 3.43.